The summed E-state index contributed by atoms with van der Waals surface area (Å²) < 4.78 is 10.6. The van der Waals surface area contributed by atoms with Crippen molar-refractivity contribution in [3.63, 3.8) is 0 Å². The topological polar surface area (TPSA) is 35.5 Å². The molecule has 0 amide bonds. The van der Waals surface area contributed by atoms with Gasteiger partial charge in [-0.1, -0.05) is 30.3 Å². The predicted molar refractivity (Wildman–Crippen MR) is 75.3 cm³/mol. The summed E-state index contributed by atoms with van der Waals surface area (Å²) in [7, 11) is 0. The van der Waals surface area contributed by atoms with Crippen LogP contribution in [0, 0.1) is 0 Å². The number of carbonyl (C=O) groups is 1. The van der Waals surface area contributed by atoms with E-state index in [1.54, 1.807) is 0 Å². The molecule has 100 valence electrons. The molecule has 3 nitrogen and oxygen atoms in total. The van der Waals surface area contributed by atoms with Crippen LogP contribution in [0.1, 0.15) is 20.8 Å². The standard InChI is InChI=1S/C16H18O3/c1-16(2,3)19-15(17)11-18-14-9-8-12-6-4-5-7-13(12)10-14/h4-10H,11H2,1-3H3. The zero-order valence-electron chi connectivity index (χ0n) is 11.5. The van der Waals surface area contributed by atoms with Crippen LogP contribution in [-0.2, 0) is 9.53 Å². The van der Waals surface area contributed by atoms with E-state index in [0.717, 1.165) is 10.8 Å². The van der Waals surface area contributed by atoms with E-state index >= 15 is 0 Å². The molecule has 0 saturated heterocycles. The molecule has 0 aliphatic carbocycles. The maximum atomic E-state index is 11.5. The van der Waals surface area contributed by atoms with Crippen molar-refractivity contribution in [1.29, 1.82) is 0 Å². The van der Waals surface area contributed by atoms with Crippen molar-refractivity contribution < 1.29 is 14.3 Å². The lowest BCUT2D eigenvalue weighted by molar-refractivity contribution is -0.157. The van der Waals surface area contributed by atoms with Crippen molar-refractivity contribution in [2.75, 3.05) is 6.61 Å². The molecule has 0 aromatic heterocycles. The summed E-state index contributed by atoms with van der Waals surface area (Å²) in [6.45, 7) is 5.43. The summed E-state index contributed by atoms with van der Waals surface area (Å²) in [4.78, 5) is 11.5. The molecule has 0 radical (unpaired) electrons. The van der Waals surface area contributed by atoms with Crippen LogP contribution in [0.5, 0.6) is 5.75 Å². The van der Waals surface area contributed by atoms with Crippen LogP contribution in [0.4, 0.5) is 0 Å². The third-order valence-corrected chi connectivity index (χ3v) is 2.50. The Kier molecular flexibility index (Phi) is 3.74. The van der Waals surface area contributed by atoms with Crippen molar-refractivity contribution in [3.8, 4) is 5.75 Å². The number of benzene rings is 2. The smallest absolute Gasteiger partial charge is 0.344 e. The molecule has 0 N–H and O–H groups in total. The molecule has 19 heavy (non-hydrogen) atoms. The first kappa shape index (κ1) is 13.4. The minimum atomic E-state index is -0.482. The highest BCUT2D eigenvalue weighted by atomic mass is 16.6. The number of carbonyl (C=O) groups excluding carboxylic acids is 1. The minimum absolute atomic E-state index is 0.0738. The van der Waals surface area contributed by atoms with E-state index in [9.17, 15) is 4.79 Å². The molecule has 3 heteroatoms. The fraction of sp³-hybridized carbons (Fsp3) is 0.312. The van der Waals surface area contributed by atoms with Gasteiger partial charge in [-0.2, -0.15) is 0 Å². The zero-order valence-corrected chi connectivity index (χ0v) is 11.5. The second-order valence-electron chi connectivity index (χ2n) is 5.38. The second kappa shape index (κ2) is 5.31. The monoisotopic (exact) mass is 258 g/mol. The summed E-state index contributed by atoms with van der Waals surface area (Å²) in [6.07, 6.45) is 0. The molecular formula is C16H18O3. The summed E-state index contributed by atoms with van der Waals surface area (Å²) in [5.74, 6) is 0.310. The van der Waals surface area contributed by atoms with Crippen LogP contribution in [0.15, 0.2) is 42.5 Å². The predicted octanol–water partition coefficient (Wildman–Crippen LogP) is 3.56. The third-order valence-electron chi connectivity index (χ3n) is 2.50. The van der Waals surface area contributed by atoms with Gasteiger partial charge in [-0.3, -0.25) is 0 Å². The van der Waals surface area contributed by atoms with Crippen molar-refractivity contribution in [3.05, 3.63) is 42.5 Å². The summed E-state index contributed by atoms with van der Waals surface area (Å²) in [5.41, 5.74) is -0.482. The average Bonchev–Trinajstić information content (AvgIpc) is 2.34. The number of ether oxygens (including phenoxy) is 2. The van der Waals surface area contributed by atoms with E-state index < -0.39 is 5.60 Å². The molecule has 2 aromatic rings. The van der Waals surface area contributed by atoms with Crippen LogP contribution in [0.2, 0.25) is 0 Å². The first-order chi connectivity index (χ1) is 8.94. The molecule has 0 saturated carbocycles. The Labute approximate surface area is 113 Å². The lowest BCUT2D eigenvalue weighted by Crippen LogP contribution is -2.27. The van der Waals surface area contributed by atoms with Crippen LogP contribution < -0.4 is 4.74 Å². The Morgan fingerprint density at radius 3 is 2.42 bits per heavy atom. The summed E-state index contributed by atoms with van der Waals surface area (Å²) in [5, 5.41) is 2.23. The van der Waals surface area contributed by atoms with Gasteiger partial charge in [0, 0.05) is 0 Å². The highest BCUT2D eigenvalue weighted by Gasteiger charge is 2.16. The van der Waals surface area contributed by atoms with Crippen molar-refractivity contribution >= 4 is 16.7 Å². The van der Waals surface area contributed by atoms with E-state index in [4.69, 9.17) is 9.47 Å². The number of fused-ring (bicyclic) bond motifs is 1. The van der Waals surface area contributed by atoms with E-state index in [0.29, 0.717) is 5.75 Å². The first-order valence-electron chi connectivity index (χ1n) is 6.27. The first-order valence-corrected chi connectivity index (χ1v) is 6.27. The van der Waals surface area contributed by atoms with E-state index in [1.807, 2.05) is 63.2 Å². The highest BCUT2D eigenvalue weighted by Crippen LogP contribution is 2.20. The Morgan fingerprint density at radius 1 is 1.05 bits per heavy atom. The Balaban J connectivity index is 2.00. The number of rotatable bonds is 3. The molecule has 0 atom stereocenters. The van der Waals surface area contributed by atoms with Crippen molar-refractivity contribution in [1.82, 2.24) is 0 Å². The normalized spacial score (nSPS) is 11.3. The molecule has 0 bridgehead atoms. The maximum Gasteiger partial charge on any atom is 0.344 e. The molecule has 0 heterocycles. The van der Waals surface area contributed by atoms with Gasteiger partial charge >= 0.3 is 5.97 Å². The van der Waals surface area contributed by atoms with Gasteiger partial charge in [0.15, 0.2) is 6.61 Å². The summed E-state index contributed by atoms with van der Waals surface area (Å²) >= 11 is 0. The number of hydrogen-bond acceptors (Lipinski definition) is 3. The van der Waals surface area contributed by atoms with Gasteiger partial charge in [-0.25, -0.2) is 4.79 Å². The van der Waals surface area contributed by atoms with Gasteiger partial charge in [0.05, 0.1) is 0 Å². The van der Waals surface area contributed by atoms with Gasteiger partial charge in [-0.15, -0.1) is 0 Å². The van der Waals surface area contributed by atoms with Gasteiger partial charge in [0.25, 0.3) is 0 Å². The van der Waals surface area contributed by atoms with Gasteiger partial charge in [0.1, 0.15) is 11.4 Å². The quantitative estimate of drug-likeness (QED) is 0.790. The Bertz CT molecular complexity index is 582. The molecule has 2 rings (SSSR count). The molecule has 0 unspecified atom stereocenters. The molecule has 0 fully saturated rings. The van der Waals surface area contributed by atoms with E-state index in [1.165, 1.54) is 0 Å². The van der Waals surface area contributed by atoms with Gasteiger partial charge < -0.3 is 9.47 Å². The fourth-order valence-corrected chi connectivity index (χ4v) is 1.77. The van der Waals surface area contributed by atoms with Crippen LogP contribution in [0.3, 0.4) is 0 Å². The largest absolute Gasteiger partial charge is 0.482 e. The Morgan fingerprint density at radius 2 is 1.74 bits per heavy atom. The van der Waals surface area contributed by atoms with Gasteiger partial charge in [-0.05, 0) is 43.7 Å². The highest BCUT2D eigenvalue weighted by molar-refractivity contribution is 5.83. The average molecular weight is 258 g/mol. The second-order valence-corrected chi connectivity index (χ2v) is 5.38. The van der Waals surface area contributed by atoms with Gasteiger partial charge in [0.2, 0.25) is 0 Å². The van der Waals surface area contributed by atoms with Crippen LogP contribution in [0.25, 0.3) is 10.8 Å². The SMILES string of the molecule is CC(C)(C)OC(=O)COc1ccc2ccccc2c1. The lowest BCUT2D eigenvalue weighted by atomic mass is 10.1. The fourth-order valence-electron chi connectivity index (χ4n) is 1.77. The Hall–Kier alpha value is -2.03. The van der Waals surface area contributed by atoms with Crippen LogP contribution in [-0.4, -0.2) is 18.2 Å². The molecule has 0 aliphatic rings. The van der Waals surface area contributed by atoms with Crippen LogP contribution >= 0.6 is 0 Å². The zero-order chi connectivity index (χ0) is 13.9. The molecule has 2 aromatic carbocycles. The molecular weight excluding hydrogens is 240 g/mol. The van der Waals surface area contributed by atoms with E-state index in [2.05, 4.69) is 0 Å². The number of esters is 1. The third kappa shape index (κ3) is 3.98. The van der Waals surface area contributed by atoms with Crippen molar-refractivity contribution in [2.45, 2.75) is 26.4 Å². The van der Waals surface area contributed by atoms with E-state index in [-0.39, 0.29) is 12.6 Å². The minimum Gasteiger partial charge on any atom is -0.482 e. The summed E-state index contributed by atoms with van der Waals surface area (Å²) in [6, 6.07) is 13.7. The maximum absolute atomic E-state index is 11.5. The number of hydrogen-bond donors (Lipinski definition) is 0. The van der Waals surface area contributed by atoms with Crippen molar-refractivity contribution in [2.24, 2.45) is 0 Å². The molecule has 0 spiro atoms. The molecule has 0 aliphatic heterocycles. The lowest BCUT2D eigenvalue weighted by Gasteiger charge is -2.19.